The van der Waals surface area contributed by atoms with E-state index in [-0.39, 0.29) is 61.0 Å². The molecule has 0 unspecified atom stereocenters. The second-order valence-electron chi connectivity index (χ2n) is 20.2. The topological polar surface area (TPSA) is 192 Å². The molecule has 66 heavy (non-hydrogen) atoms. The standard InChI is InChI=1S/C49H62FN5O10S/c1-28(2)64-40-15-12-31(22-37(40)50)38-23-32-21-34(62-7)13-14-36(32)43(51-38)65-35-24-39-42(56)53-49(45(58)54-66(60,61)48(6)18-19-48)25-33(49)11-9-8-10-29(3)20-30(4)41(44(57)55(39)26-35)52-46(59)63-27-47(5)16-17-47/h9,11-15,21-23,28-30,33,35,39,41H,8,10,16-20,24-27H2,1-7H3,(H,52,59)(H,53,56)(H,54,58)/b11-9-/t29-,30+,33+,35+,39-,41-,49+/m0/s1. The molecular weight excluding hydrogens is 870 g/mol. The number of halogens is 1. The number of carbonyl (C=O) groups is 4. The molecule has 356 valence electrons. The number of alkyl carbamates (subject to hydrolysis) is 1. The van der Waals surface area contributed by atoms with Crippen LogP contribution < -0.4 is 29.6 Å². The van der Waals surface area contributed by atoms with Crippen molar-refractivity contribution in [2.24, 2.45) is 23.2 Å². The van der Waals surface area contributed by atoms with Crippen LogP contribution in [0.1, 0.15) is 99.3 Å². The van der Waals surface area contributed by atoms with Crippen molar-refractivity contribution >= 4 is 44.6 Å². The van der Waals surface area contributed by atoms with Crippen molar-refractivity contribution in [2.45, 2.75) is 134 Å². The van der Waals surface area contributed by atoms with Gasteiger partial charge in [-0.15, -0.1) is 0 Å². The van der Waals surface area contributed by atoms with Gasteiger partial charge in [-0.3, -0.25) is 19.1 Å². The monoisotopic (exact) mass is 931 g/mol. The molecule has 3 heterocycles. The van der Waals surface area contributed by atoms with Crippen LogP contribution >= 0.6 is 0 Å². The van der Waals surface area contributed by atoms with Gasteiger partial charge in [-0.25, -0.2) is 22.6 Å². The van der Waals surface area contributed by atoms with E-state index in [2.05, 4.69) is 22.3 Å². The lowest BCUT2D eigenvalue weighted by Gasteiger charge is -2.32. The third-order valence-electron chi connectivity index (χ3n) is 14.0. The molecule has 0 spiro atoms. The number of allylic oxidation sites excluding steroid dienone is 1. The molecule has 3 aliphatic carbocycles. The Balaban J connectivity index is 1.15. The molecular formula is C49H62FN5O10S. The Kier molecular flexibility index (Phi) is 12.8. The van der Waals surface area contributed by atoms with Crippen LogP contribution in [0.2, 0.25) is 0 Å². The molecule has 4 fully saturated rings. The highest BCUT2D eigenvalue weighted by Crippen LogP contribution is 2.48. The third kappa shape index (κ3) is 9.96. The van der Waals surface area contributed by atoms with Gasteiger partial charge in [-0.05, 0) is 132 Å². The molecule has 0 bridgehead atoms. The Labute approximate surface area is 386 Å². The first kappa shape index (κ1) is 47.1. The second-order valence-corrected chi connectivity index (χ2v) is 22.4. The van der Waals surface area contributed by atoms with E-state index in [4.69, 9.17) is 23.9 Å². The van der Waals surface area contributed by atoms with Crippen LogP contribution in [0.4, 0.5) is 9.18 Å². The number of aromatic nitrogens is 1. The van der Waals surface area contributed by atoms with E-state index in [9.17, 15) is 22.8 Å². The second kappa shape index (κ2) is 18.0. The molecule has 1 saturated heterocycles. The highest BCUT2D eigenvalue weighted by Gasteiger charge is 2.63. The summed E-state index contributed by atoms with van der Waals surface area (Å²) >= 11 is 0. The van der Waals surface area contributed by atoms with Gasteiger partial charge in [0.15, 0.2) is 11.6 Å². The number of benzene rings is 2. The van der Waals surface area contributed by atoms with Crippen molar-refractivity contribution in [3.8, 4) is 28.6 Å². The van der Waals surface area contributed by atoms with Crippen LogP contribution in [0.5, 0.6) is 17.4 Å². The van der Waals surface area contributed by atoms with Gasteiger partial charge in [0.25, 0.3) is 5.91 Å². The van der Waals surface area contributed by atoms with Gasteiger partial charge >= 0.3 is 6.09 Å². The number of hydrogen-bond donors (Lipinski definition) is 3. The fourth-order valence-corrected chi connectivity index (χ4v) is 10.4. The SMILES string of the molecule is COc1ccc2c(O[C@@H]3C[C@H]4C(=O)N[C@]5(C(=O)NS(=O)(=O)C6(C)CC6)C[C@H]5/C=C\CC[C@H](C)C[C@@H](C)[C@H](NC(=O)OCC5(C)CC5)C(=O)N4C3)nc(-c3ccc(OC(C)C)c(F)c3)cc2c1. The van der Waals surface area contributed by atoms with E-state index >= 15 is 9.18 Å². The van der Waals surface area contributed by atoms with Gasteiger partial charge in [0.1, 0.15) is 29.5 Å². The van der Waals surface area contributed by atoms with Crippen LogP contribution in [-0.2, 0) is 29.1 Å². The number of pyridine rings is 1. The van der Waals surface area contributed by atoms with Gasteiger partial charge < -0.3 is 34.5 Å². The van der Waals surface area contributed by atoms with Gasteiger partial charge in [-0.2, -0.15) is 0 Å². The predicted octanol–water partition coefficient (Wildman–Crippen LogP) is 6.97. The Bertz CT molecular complexity index is 2540. The Morgan fingerprint density at radius 3 is 2.47 bits per heavy atom. The fraction of sp³-hybridized carbons (Fsp3) is 0.571. The first-order chi connectivity index (χ1) is 31.2. The summed E-state index contributed by atoms with van der Waals surface area (Å²) in [5.41, 5.74) is -0.863. The summed E-state index contributed by atoms with van der Waals surface area (Å²) in [4.78, 5) is 63.7. The predicted molar refractivity (Wildman–Crippen MR) is 245 cm³/mol. The zero-order chi connectivity index (χ0) is 47.3. The lowest BCUT2D eigenvalue weighted by atomic mass is 9.88. The Hall–Kier alpha value is -5.45. The van der Waals surface area contributed by atoms with Crippen molar-refractivity contribution in [3.63, 3.8) is 0 Å². The Morgan fingerprint density at radius 1 is 1.03 bits per heavy atom. The van der Waals surface area contributed by atoms with Gasteiger partial charge in [0.2, 0.25) is 27.7 Å². The first-order valence-electron chi connectivity index (χ1n) is 23.1. The van der Waals surface area contributed by atoms with Crippen LogP contribution in [0.3, 0.4) is 0 Å². The summed E-state index contributed by atoms with van der Waals surface area (Å²) in [5, 5.41) is 7.03. The fourth-order valence-electron chi connectivity index (χ4n) is 9.10. The van der Waals surface area contributed by atoms with Crippen LogP contribution in [0.25, 0.3) is 22.0 Å². The molecule has 2 aliphatic heterocycles. The highest BCUT2D eigenvalue weighted by atomic mass is 32.2. The summed E-state index contributed by atoms with van der Waals surface area (Å²) < 4.78 is 66.8. The van der Waals surface area contributed by atoms with Crippen LogP contribution in [0.15, 0.2) is 54.6 Å². The maximum atomic E-state index is 15.4. The number of nitrogens with one attached hydrogen (secondary N) is 3. The lowest BCUT2D eigenvalue weighted by Crippen LogP contribution is -2.59. The molecule has 3 aromatic rings. The summed E-state index contributed by atoms with van der Waals surface area (Å²) in [6.07, 6.45) is 6.74. The number of ether oxygens (including phenoxy) is 4. The number of methoxy groups -OCH3 is 1. The molecule has 15 nitrogen and oxygen atoms in total. The molecule has 4 amide bonds. The van der Waals surface area contributed by atoms with Crippen molar-refractivity contribution in [1.29, 1.82) is 0 Å². The van der Waals surface area contributed by atoms with Crippen molar-refractivity contribution in [3.05, 3.63) is 60.4 Å². The minimum atomic E-state index is -4.05. The highest BCUT2D eigenvalue weighted by molar-refractivity contribution is 7.91. The molecule has 8 rings (SSSR count). The number of hydrogen-bond acceptors (Lipinski definition) is 11. The largest absolute Gasteiger partial charge is 0.497 e. The van der Waals surface area contributed by atoms with Gasteiger partial charge in [0, 0.05) is 28.7 Å². The summed E-state index contributed by atoms with van der Waals surface area (Å²) in [6, 6.07) is 9.37. The zero-order valence-electron chi connectivity index (χ0n) is 38.8. The smallest absolute Gasteiger partial charge is 0.407 e. The van der Waals surface area contributed by atoms with Crippen molar-refractivity contribution in [1.82, 2.24) is 25.2 Å². The summed E-state index contributed by atoms with van der Waals surface area (Å²) in [6.45, 7) is 11.3. The number of nitrogens with zero attached hydrogens (tertiary/aromatic N) is 2. The summed E-state index contributed by atoms with van der Waals surface area (Å²) in [7, 11) is -2.51. The van der Waals surface area contributed by atoms with E-state index < -0.39 is 74.0 Å². The molecule has 2 aromatic carbocycles. The Morgan fingerprint density at radius 2 is 1.79 bits per heavy atom. The van der Waals surface area contributed by atoms with Gasteiger partial charge in [0.05, 0.1) is 36.8 Å². The van der Waals surface area contributed by atoms with E-state index in [1.165, 1.54) is 17.0 Å². The molecule has 7 atom stereocenters. The van der Waals surface area contributed by atoms with E-state index in [1.807, 2.05) is 26.0 Å². The van der Waals surface area contributed by atoms with Crippen LogP contribution in [0, 0.1) is 29.0 Å². The molecule has 3 saturated carbocycles. The van der Waals surface area contributed by atoms with Crippen molar-refractivity contribution < 1.29 is 50.9 Å². The first-order valence-corrected chi connectivity index (χ1v) is 24.6. The molecule has 3 N–H and O–H groups in total. The normalized spacial score (nSPS) is 28.4. The average molecular weight is 932 g/mol. The number of fused-ring (bicyclic) bond motifs is 3. The number of rotatable bonds is 12. The zero-order valence-corrected chi connectivity index (χ0v) is 39.6. The quantitative estimate of drug-likeness (QED) is 0.159. The maximum absolute atomic E-state index is 15.4. The molecule has 5 aliphatic rings. The maximum Gasteiger partial charge on any atom is 0.407 e. The number of amides is 4. The van der Waals surface area contributed by atoms with Crippen LogP contribution in [-0.4, -0.2) is 97.0 Å². The minimum Gasteiger partial charge on any atom is -0.497 e. The molecule has 0 radical (unpaired) electrons. The molecule has 17 heteroatoms. The van der Waals surface area contributed by atoms with E-state index in [1.54, 1.807) is 58.2 Å². The third-order valence-corrected chi connectivity index (χ3v) is 16.2. The lowest BCUT2D eigenvalue weighted by molar-refractivity contribution is -0.142. The number of sulfonamides is 1. The van der Waals surface area contributed by atoms with Gasteiger partial charge in [-0.1, -0.05) is 32.9 Å². The van der Waals surface area contributed by atoms with E-state index in [0.29, 0.717) is 53.5 Å². The number of carbonyl (C=O) groups excluding carboxylic acids is 4. The van der Waals surface area contributed by atoms with E-state index in [0.717, 1.165) is 19.3 Å². The van der Waals surface area contributed by atoms with Crippen molar-refractivity contribution in [2.75, 3.05) is 20.3 Å². The minimum absolute atomic E-state index is 0.0497. The molecule has 1 aromatic heterocycles. The average Bonchev–Trinajstić information content (AvgIpc) is 4.23. The summed E-state index contributed by atoms with van der Waals surface area (Å²) in [5.74, 6) is -2.56.